The summed E-state index contributed by atoms with van der Waals surface area (Å²) in [5.74, 6) is -2.44. The number of methoxy groups -OCH3 is 1. The van der Waals surface area contributed by atoms with E-state index in [1.54, 1.807) is 49.5 Å². The molecular formula is C28H25ClN2O6. The molecular weight excluding hydrogens is 496 g/mol. The fourth-order valence-electron chi connectivity index (χ4n) is 4.25. The van der Waals surface area contributed by atoms with Crippen LogP contribution in [0.3, 0.4) is 0 Å². The van der Waals surface area contributed by atoms with Crippen LogP contribution < -0.4 is 9.64 Å². The van der Waals surface area contributed by atoms with Gasteiger partial charge >= 0.3 is 5.97 Å². The molecule has 8 nitrogen and oxygen atoms in total. The molecule has 1 saturated heterocycles. The van der Waals surface area contributed by atoms with E-state index in [9.17, 15) is 19.5 Å². The van der Waals surface area contributed by atoms with Crippen molar-refractivity contribution in [3.63, 3.8) is 0 Å². The van der Waals surface area contributed by atoms with E-state index in [0.29, 0.717) is 29.8 Å². The lowest BCUT2D eigenvalue weighted by molar-refractivity contribution is -0.132. The highest BCUT2D eigenvalue weighted by Crippen LogP contribution is 2.44. The van der Waals surface area contributed by atoms with Gasteiger partial charge in [0.2, 0.25) is 0 Å². The number of aryl methyl sites for hydroxylation is 1. The quantitative estimate of drug-likeness (QED) is 0.196. The normalized spacial score (nSPS) is 16.6. The standard InChI is InChI=1S/C28H25ClN2O6/c1-4-12-37-28(35)17-7-9-19(10-8-17)31-23(18-6-5-11-30-15-18)22(25(33)27(31)34)24(32)20-13-16(2)14-21(29)26(20)36-3/h5-11,13-15,23,32H,4,12H2,1-3H3/b24-22+. The molecule has 3 aromatic rings. The zero-order valence-electron chi connectivity index (χ0n) is 20.5. The van der Waals surface area contributed by atoms with Crippen LogP contribution in [0.25, 0.3) is 5.76 Å². The van der Waals surface area contributed by atoms with Crippen molar-refractivity contribution in [2.75, 3.05) is 18.6 Å². The lowest BCUT2D eigenvalue weighted by Gasteiger charge is -2.25. The van der Waals surface area contributed by atoms with E-state index in [4.69, 9.17) is 21.1 Å². The zero-order chi connectivity index (χ0) is 26.7. The number of anilines is 1. The predicted molar refractivity (Wildman–Crippen MR) is 139 cm³/mol. The highest BCUT2D eigenvalue weighted by atomic mass is 35.5. The van der Waals surface area contributed by atoms with Gasteiger partial charge in [-0.2, -0.15) is 0 Å². The first kappa shape index (κ1) is 25.9. The molecule has 0 bridgehead atoms. The largest absolute Gasteiger partial charge is 0.507 e. The summed E-state index contributed by atoms with van der Waals surface area (Å²) in [7, 11) is 1.40. The number of aliphatic hydroxyl groups excluding tert-OH is 1. The van der Waals surface area contributed by atoms with Gasteiger partial charge in [0.05, 0.1) is 41.5 Å². The summed E-state index contributed by atoms with van der Waals surface area (Å²) in [6.07, 6.45) is 3.78. The number of benzene rings is 2. The van der Waals surface area contributed by atoms with E-state index in [1.165, 1.54) is 30.3 Å². The van der Waals surface area contributed by atoms with Crippen molar-refractivity contribution in [2.45, 2.75) is 26.3 Å². The molecule has 1 atom stereocenters. The first-order valence-corrected chi connectivity index (χ1v) is 12.0. The van der Waals surface area contributed by atoms with Crippen molar-refractivity contribution in [1.29, 1.82) is 0 Å². The summed E-state index contributed by atoms with van der Waals surface area (Å²) in [6, 6.07) is 11.9. The number of hydrogen-bond donors (Lipinski definition) is 1. The maximum absolute atomic E-state index is 13.4. The third-order valence-corrected chi connectivity index (χ3v) is 6.19. The molecule has 190 valence electrons. The number of pyridine rings is 1. The number of aliphatic hydroxyl groups is 1. The molecule has 1 unspecified atom stereocenters. The van der Waals surface area contributed by atoms with E-state index in [0.717, 1.165) is 5.56 Å². The van der Waals surface area contributed by atoms with Crippen molar-refractivity contribution in [1.82, 2.24) is 4.98 Å². The van der Waals surface area contributed by atoms with Gasteiger partial charge in [0.15, 0.2) is 0 Å². The van der Waals surface area contributed by atoms with Crippen LogP contribution in [0.5, 0.6) is 5.75 Å². The lowest BCUT2D eigenvalue weighted by Crippen LogP contribution is -2.29. The molecule has 4 rings (SSSR count). The Kier molecular flexibility index (Phi) is 7.59. The van der Waals surface area contributed by atoms with Gasteiger partial charge < -0.3 is 14.6 Å². The Hall–Kier alpha value is -4.17. The Morgan fingerprint density at radius 1 is 1.16 bits per heavy atom. The van der Waals surface area contributed by atoms with Crippen LogP contribution in [0.1, 0.15) is 46.4 Å². The number of carbonyl (C=O) groups excluding carboxylic acids is 3. The van der Waals surface area contributed by atoms with Crippen LogP contribution in [0, 0.1) is 6.92 Å². The number of halogens is 1. The van der Waals surface area contributed by atoms with Crippen LogP contribution in [0.4, 0.5) is 5.69 Å². The Balaban J connectivity index is 1.87. The van der Waals surface area contributed by atoms with Crippen molar-refractivity contribution in [3.05, 3.63) is 93.8 Å². The van der Waals surface area contributed by atoms with Crippen LogP contribution >= 0.6 is 11.6 Å². The minimum Gasteiger partial charge on any atom is -0.507 e. The third kappa shape index (κ3) is 4.93. The Morgan fingerprint density at radius 3 is 2.51 bits per heavy atom. The van der Waals surface area contributed by atoms with E-state index in [-0.39, 0.29) is 21.9 Å². The number of ketones is 1. The number of nitrogens with zero attached hydrogens (tertiary/aromatic N) is 2. The van der Waals surface area contributed by atoms with Crippen molar-refractivity contribution < 1.29 is 29.0 Å². The Morgan fingerprint density at radius 2 is 1.89 bits per heavy atom. The van der Waals surface area contributed by atoms with Gasteiger partial charge in [-0.3, -0.25) is 19.5 Å². The van der Waals surface area contributed by atoms with Crippen molar-refractivity contribution in [3.8, 4) is 5.75 Å². The van der Waals surface area contributed by atoms with Gasteiger partial charge in [0.25, 0.3) is 11.7 Å². The molecule has 1 aliphatic heterocycles. The molecule has 2 heterocycles. The van der Waals surface area contributed by atoms with E-state index in [2.05, 4.69) is 4.98 Å². The zero-order valence-corrected chi connectivity index (χ0v) is 21.3. The van der Waals surface area contributed by atoms with Gasteiger partial charge in [0.1, 0.15) is 11.5 Å². The van der Waals surface area contributed by atoms with E-state index < -0.39 is 29.5 Å². The number of Topliss-reactive ketones (excluding diaryl/α,β-unsaturated/α-hetero) is 1. The van der Waals surface area contributed by atoms with Crippen LogP contribution in [-0.4, -0.2) is 41.5 Å². The fourth-order valence-corrected chi connectivity index (χ4v) is 4.60. The smallest absolute Gasteiger partial charge is 0.338 e. The molecule has 2 aromatic carbocycles. The first-order valence-electron chi connectivity index (χ1n) is 11.6. The summed E-state index contributed by atoms with van der Waals surface area (Å²) in [5.41, 5.74) is 1.96. The minimum atomic E-state index is -0.990. The summed E-state index contributed by atoms with van der Waals surface area (Å²) < 4.78 is 10.6. The Labute approximate surface area is 219 Å². The predicted octanol–water partition coefficient (Wildman–Crippen LogP) is 5.25. The molecule has 0 aliphatic carbocycles. The topological polar surface area (TPSA) is 106 Å². The molecule has 0 spiro atoms. The number of aromatic nitrogens is 1. The third-order valence-electron chi connectivity index (χ3n) is 5.91. The number of hydrogen-bond acceptors (Lipinski definition) is 7. The summed E-state index contributed by atoms with van der Waals surface area (Å²) in [6.45, 7) is 3.97. The maximum Gasteiger partial charge on any atom is 0.338 e. The SMILES string of the molecule is CCCOC(=O)c1ccc(N2C(=O)C(=O)/C(=C(/O)c3cc(C)cc(Cl)c3OC)C2c2cccnc2)cc1. The molecule has 1 fully saturated rings. The Bertz CT molecular complexity index is 1390. The van der Waals surface area contributed by atoms with Crippen molar-refractivity contribution >= 4 is 40.7 Å². The summed E-state index contributed by atoms with van der Waals surface area (Å²) in [4.78, 5) is 44.4. The number of esters is 1. The monoisotopic (exact) mass is 520 g/mol. The van der Waals surface area contributed by atoms with Gasteiger partial charge in [-0.05, 0) is 66.9 Å². The molecule has 1 aromatic heterocycles. The maximum atomic E-state index is 13.4. The van der Waals surface area contributed by atoms with Crippen LogP contribution in [0.2, 0.25) is 5.02 Å². The molecule has 0 radical (unpaired) electrons. The van der Waals surface area contributed by atoms with Crippen molar-refractivity contribution in [2.24, 2.45) is 0 Å². The average Bonchev–Trinajstić information content (AvgIpc) is 3.17. The van der Waals surface area contributed by atoms with Gasteiger partial charge in [-0.25, -0.2) is 4.79 Å². The van der Waals surface area contributed by atoms with E-state index >= 15 is 0 Å². The number of ether oxygens (including phenoxy) is 2. The molecule has 1 aliphatic rings. The molecule has 0 saturated carbocycles. The van der Waals surface area contributed by atoms with Gasteiger partial charge in [-0.1, -0.05) is 24.6 Å². The second-order valence-electron chi connectivity index (χ2n) is 8.47. The van der Waals surface area contributed by atoms with E-state index in [1.807, 2.05) is 6.92 Å². The molecule has 1 amide bonds. The average molecular weight is 521 g/mol. The summed E-state index contributed by atoms with van der Waals surface area (Å²) >= 11 is 6.33. The second kappa shape index (κ2) is 10.8. The second-order valence-corrected chi connectivity index (χ2v) is 8.87. The molecule has 37 heavy (non-hydrogen) atoms. The summed E-state index contributed by atoms with van der Waals surface area (Å²) in [5, 5.41) is 11.7. The van der Waals surface area contributed by atoms with Crippen LogP contribution in [0.15, 0.2) is 66.5 Å². The van der Waals surface area contributed by atoms with Crippen LogP contribution in [-0.2, 0) is 14.3 Å². The minimum absolute atomic E-state index is 0.135. The number of rotatable bonds is 7. The first-order chi connectivity index (χ1) is 17.8. The molecule has 9 heteroatoms. The number of carbonyl (C=O) groups is 3. The van der Waals surface area contributed by atoms with Gasteiger partial charge in [-0.15, -0.1) is 0 Å². The molecule has 1 N–H and O–H groups in total. The number of amides is 1. The highest BCUT2D eigenvalue weighted by molar-refractivity contribution is 6.51. The van der Waals surface area contributed by atoms with Gasteiger partial charge in [0, 0.05) is 18.1 Å². The fraction of sp³-hybridized carbons (Fsp3) is 0.214. The highest BCUT2D eigenvalue weighted by Gasteiger charge is 2.47. The lowest BCUT2D eigenvalue weighted by atomic mass is 9.95.